The predicted molar refractivity (Wildman–Crippen MR) is 67.2 cm³/mol. The molecule has 0 saturated heterocycles. The lowest BCUT2D eigenvalue weighted by Gasteiger charge is -2.32. The molecule has 0 aromatic rings. The first-order chi connectivity index (χ1) is 6.40. The summed E-state index contributed by atoms with van der Waals surface area (Å²) in [5.41, 5.74) is 1.52. The first-order valence-electron chi connectivity index (χ1n) is 5.85. The highest BCUT2D eigenvalue weighted by atomic mass is 28.3. The van der Waals surface area contributed by atoms with Crippen molar-refractivity contribution in [2.45, 2.75) is 58.7 Å². The van der Waals surface area contributed by atoms with E-state index >= 15 is 0 Å². The quantitative estimate of drug-likeness (QED) is 0.474. The third-order valence-corrected chi connectivity index (χ3v) is 5.35. The normalized spacial score (nSPS) is 20.7. The second kappa shape index (κ2) is 4.65. The molecule has 1 unspecified atom stereocenters. The topological polar surface area (TPSA) is 0 Å². The molecule has 0 bridgehead atoms. The van der Waals surface area contributed by atoms with Gasteiger partial charge in [0.15, 0.2) is 0 Å². The van der Waals surface area contributed by atoms with Crippen LogP contribution in [0.25, 0.3) is 0 Å². The first-order valence-corrected chi connectivity index (χ1v) is 8.43. The third kappa shape index (κ3) is 3.60. The summed E-state index contributed by atoms with van der Waals surface area (Å²) in [7, 11) is -0.129. The zero-order valence-electron chi connectivity index (χ0n) is 10.4. The van der Waals surface area contributed by atoms with E-state index < -0.39 is 0 Å². The number of rotatable bonds is 3. The molecular formula is C13H25Si. The van der Waals surface area contributed by atoms with Gasteiger partial charge < -0.3 is 0 Å². The monoisotopic (exact) mass is 209 g/mol. The molecule has 1 radical (unpaired) electrons. The van der Waals surface area contributed by atoms with E-state index in [4.69, 9.17) is 0 Å². The van der Waals surface area contributed by atoms with Gasteiger partial charge in [-0.15, -0.1) is 0 Å². The van der Waals surface area contributed by atoms with Gasteiger partial charge in [0.1, 0.15) is 0 Å². The SMILES string of the molecule is C[Si](C)C(CC(C)(C)C)C1CC=CC1. The molecule has 1 atom stereocenters. The van der Waals surface area contributed by atoms with Crippen LogP contribution in [0, 0.1) is 11.3 Å². The van der Waals surface area contributed by atoms with E-state index in [2.05, 4.69) is 46.0 Å². The number of hydrogen-bond donors (Lipinski definition) is 0. The summed E-state index contributed by atoms with van der Waals surface area (Å²) in [6, 6.07) is 0. The Kier molecular flexibility index (Phi) is 4.00. The van der Waals surface area contributed by atoms with Crippen molar-refractivity contribution in [2.75, 3.05) is 0 Å². The fraction of sp³-hybridized carbons (Fsp3) is 0.846. The molecule has 1 aliphatic rings. The summed E-state index contributed by atoms with van der Waals surface area (Å²) in [5, 5.41) is 0. The van der Waals surface area contributed by atoms with Gasteiger partial charge in [0.25, 0.3) is 0 Å². The molecule has 0 aromatic carbocycles. The van der Waals surface area contributed by atoms with Crippen LogP contribution in [0.4, 0.5) is 0 Å². The van der Waals surface area contributed by atoms with Gasteiger partial charge in [-0.3, -0.25) is 0 Å². The van der Waals surface area contributed by atoms with Gasteiger partial charge in [0.05, 0.1) is 0 Å². The van der Waals surface area contributed by atoms with Crippen LogP contribution in [-0.2, 0) is 0 Å². The zero-order chi connectivity index (χ0) is 10.8. The van der Waals surface area contributed by atoms with Crippen LogP contribution in [0.5, 0.6) is 0 Å². The van der Waals surface area contributed by atoms with Crippen LogP contribution < -0.4 is 0 Å². The summed E-state index contributed by atoms with van der Waals surface area (Å²) in [6.07, 6.45) is 8.87. The molecule has 0 amide bonds. The average molecular weight is 209 g/mol. The molecular weight excluding hydrogens is 184 g/mol. The van der Waals surface area contributed by atoms with E-state index in [1.807, 2.05) is 0 Å². The molecule has 0 fully saturated rings. The Bertz CT molecular complexity index is 190. The summed E-state index contributed by atoms with van der Waals surface area (Å²) < 4.78 is 0. The van der Waals surface area contributed by atoms with E-state index in [9.17, 15) is 0 Å². The van der Waals surface area contributed by atoms with Gasteiger partial charge in [0.2, 0.25) is 0 Å². The molecule has 1 rings (SSSR count). The summed E-state index contributed by atoms with van der Waals surface area (Å²) in [5.74, 6) is 0.970. The molecule has 0 aliphatic heterocycles. The molecule has 81 valence electrons. The van der Waals surface area contributed by atoms with Crippen molar-refractivity contribution in [2.24, 2.45) is 11.3 Å². The third-order valence-electron chi connectivity index (χ3n) is 3.19. The maximum Gasteiger partial charge on any atom is 0.0449 e. The zero-order valence-corrected chi connectivity index (χ0v) is 11.4. The molecule has 0 aromatic heterocycles. The lowest BCUT2D eigenvalue weighted by atomic mass is 9.85. The minimum Gasteiger partial charge on any atom is -0.0882 e. The molecule has 14 heavy (non-hydrogen) atoms. The maximum atomic E-state index is 2.49. The lowest BCUT2D eigenvalue weighted by molar-refractivity contribution is 0.324. The van der Waals surface area contributed by atoms with E-state index in [1.54, 1.807) is 0 Å². The van der Waals surface area contributed by atoms with Crippen LogP contribution in [0.1, 0.15) is 40.0 Å². The molecule has 0 saturated carbocycles. The maximum absolute atomic E-state index is 2.49. The fourth-order valence-electron chi connectivity index (χ4n) is 2.47. The molecule has 0 N–H and O–H groups in total. The van der Waals surface area contributed by atoms with Crippen molar-refractivity contribution in [3.05, 3.63) is 12.2 Å². The van der Waals surface area contributed by atoms with Crippen molar-refractivity contribution in [3.8, 4) is 0 Å². The summed E-state index contributed by atoms with van der Waals surface area (Å²) in [6.45, 7) is 12.1. The highest BCUT2D eigenvalue weighted by molar-refractivity contribution is 6.57. The number of allylic oxidation sites excluding steroid dienone is 2. The van der Waals surface area contributed by atoms with Crippen molar-refractivity contribution < 1.29 is 0 Å². The van der Waals surface area contributed by atoms with Crippen molar-refractivity contribution in [1.82, 2.24) is 0 Å². The van der Waals surface area contributed by atoms with Gasteiger partial charge in [-0.1, -0.05) is 46.0 Å². The van der Waals surface area contributed by atoms with Crippen LogP contribution in [0.2, 0.25) is 18.6 Å². The highest BCUT2D eigenvalue weighted by Crippen LogP contribution is 2.40. The van der Waals surface area contributed by atoms with Crippen molar-refractivity contribution in [3.63, 3.8) is 0 Å². The molecule has 0 spiro atoms. The van der Waals surface area contributed by atoms with Crippen LogP contribution in [0.15, 0.2) is 12.2 Å². The smallest absolute Gasteiger partial charge is 0.0449 e. The van der Waals surface area contributed by atoms with Crippen molar-refractivity contribution >= 4 is 8.80 Å². The van der Waals surface area contributed by atoms with E-state index in [-0.39, 0.29) is 8.80 Å². The van der Waals surface area contributed by atoms with Gasteiger partial charge >= 0.3 is 0 Å². The largest absolute Gasteiger partial charge is 0.0882 e. The minimum atomic E-state index is -0.129. The van der Waals surface area contributed by atoms with E-state index in [0.29, 0.717) is 5.41 Å². The van der Waals surface area contributed by atoms with Crippen LogP contribution in [0.3, 0.4) is 0 Å². The standard InChI is InChI=1S/C13H25Si/c1-13(2,3)10-12(14(4)5)11-8-6-7-9-11/h6-7,11-12H,8-10H2,1-5H3. The Hall–Kier alpha value is -0.0431. The Balaban J connectivity index is 2.55. The Morgan fingerprint density at radius 2 is 1.71 bits per heavy atom. The van der Waals surface area contributed by atoms with E-state index in [1.165, 1.54) is 19.3 Å². The van der Waals surface area contributed by atoms with Crippen LogP contribution in [-0.4, -0.2) is 8.80 Å². The Labute approximate surface area is 91.4 Å². The predicted octanol–water partition coefficient (Wildman–Crippen LogP) is 4.51. The fourth-order valence-corrected chi connectivity index (χ4v) is 4.70. The van der Waals surface area contributed by atoms with Gasteiger partial charge in [-0.2, -0.15) is 0 Å². The molecule has 0 heterocycles. The highest BCUT2D eigenvalue weighted by Gasteiger charge is 2.29. The number of hydrogen-bond acceptors (Lipinski definition) is 0. The Morgan fingerprint density at radius 1 is 1.21 bits per heavy atom. The second-order valence-corrected chi connectivity index (χ2v) is 9.05. The first kappa shape index (κ1) is 12.0. The molecule has 1 aliphatic carbocycles. The van der Waals surface area contributed by atoms with Gasteiger partial charge in [-0.25, -0.2) is 0 Å². The van der Waals surface area contributed by atoms with Gasteiger partial charge in [-0.05, 0) is 36.1 Å². The molecule has 1 heteroatoms. The summed E-state index contributed by atoms with van der Waals surface area (Å²) in [4.78, 5) is 0. The van der Waals surface area contributed by atoms with Gasteiger partial charge in [0, 0.05) is 8.80 Å². The molecule has 0 nitrogen and oxygen atoms in total. The average Bonchev–Trinajstić information content (AvgIpc) is 2.49. The summed E-state index contributed by atoms with van der Waals surface area (Å²) >= 11 is 0. The lowest BCUT2D eigenvalue weighted by Crippen LogP contribution is -2.24. The van der Waals surface area contributed by atoms with Crippen molar-refractivity contribution in [1.29, 1.82) is 0 Å². The minimum absolute atomic E-state index is 0.129. The Morgan fingerprint density at radius 3 is 2.07 bits per heavy atom. The second-order valence-electron chi connectivity index (χ2n) is 6.15. The van der Waals surface area contributed by atoms with E-state index in [0.717, 1.165) is 11.5 Å². The van der Waals surface area contributed by atoms with Crippen LogP contribution >= 0.6 is 0 Å².